The Morgan fingerprint density at radius 2 is 2.12 bits per heavy atom. The Labute approximate surface area is 143 Å². The van der Waals surface area contributed by atoms with E-state index in [1.165, 1.54) is 32.1 Å². The monoisotopic (exact) mass is 332 g/mol. The standard InChI is InChI=1S/C18H28N4O2/c1-19-17(21-8-9-22(12-3-4-12)14(23)11-21)20-15-13-5-10-24-16(13)18(15)6-2-7-18/h12-13,15-16H,2-11H2,1H3,(H,19,20). The van der Waals surface area contributed by atoms with E-state index in [-0.39, 0.29) is 5.91 Å². The van der Waals surface area contributed by atoms with Gasteiger partial charge in [0.2, 0.25) is 5.91 Å². The maximum absolute atomic E-state index is 12.4. The van der Waals surface area contributed by atoms with Crippen molar-refractivity contribution in [1.82, 2.24) is 15.1 Å². The van der Waals surface area contributed by atoms with Gasteiger partial charge in [-0.3, -0.25) is 9.79 Å². The van der Waals surface area contributed by atoms with Gasteiger partial charge in [-0.2, -0.15) is 0 Å². The maximum atomic E-state index is 12.4. The smallest absolute Gasteiger partial charge is 0.242 e. The first-order chi connectivity index (χ1) is 11.7. The number of piperazine rings is 1. The molecule has 24 heavy (non-hydrogen) atoms. The Hall–Kier alpha value is -1.30. The second-order valence-electron chi connectivity index (χ2n) is 8.24. The van der Waals surface area contributed by atoms with Gasteiger partial charge >= 0.3 is 0 Å². The van der Waals surface area contributed by atoms with E-state index in [2.05, 4.69) is 20.1 Å². The molecule has 5 rings (SSSR count). The van der Waals surface area contributed by atoms with Gasteiger partial charge in [0.1, 0.15) is 0 Å². The lowest BCUT2D eigenvalue weighted by atomic mass is 9.46. The van der Waals surface area contributed by atoms with E-state index >= 15 is 0 Å². The van der Waals surface area contributed by atoms with Crippen LogP contribution in [0, 0.1) is 11.3 Å². The molecule has 1 N–H and O–H groups in total. The van der Waals surface area contributed by atoms with Crippen LogP contribution in [0.4, 0.5) is 0 Å². The molecule has 3 atom stereocenters. The van der Waals surface area contributed by atoms with Crippen LogP contribution in [0.25, 0.3) is 0 Å². The average molecular weight is 332 g/mol. The van der Waals surface area contributed by atoms with Crippen LogP contribution in [0.5, 0.6) is 0 Å². The molecule has 0 radical (unpaired) electrons. The zero-order valence-corrected chi connectivity index (χ0v) is 14.5. The largest absolute Gasteiger partial charge is 0.377 e. The Kier molecular flexibility index (Phi) is 3.34. The predicted octanol–water partition coefficient (Wildman–Crippen LogP) is 0.826. The van der Waals surface area contributed by atoms with E-state index in [1.807, 2.05) is 7.05 Å². The third-order valence-corrected chi connectivity index (χ3v) is 7.08. The third kappa shape index (κ3) is 2.04. The second kappa shape index (κ2) is 5.35. The molecule has 5 fully saturated rings. The summed E-state index contributed by atoms with van der Waals surface area (Å²) in [4.78, 5) is 21.2. The molecule has 3 aliphatic carbocycles. The van der Waals surface area contributed by atoms with Crippen LogP contribution in [0.2, 0.25) is 0 Å². The molecule has 1 spiro atoms. The van der Waals surface area contributed by atoms with Crippen molar-refractivity contribution < 1.29 is 9.53 Å². The number of nitrogens with one attached hydrogen (secondary N) is 1. The highest BCUT2D eigenvalue weighted by Gasteiger charge is 2.66. The zero-order chi connectivity index (χ0) is 16.3. The number of hydrogen-bond donors (Lipinski definition) is 1. The Bertz CT molecular complexity index is 569. The number of fused-ring (bicyclic) bond motifs is 2. The molecule has 5 aliphatic rings. The Morgan fingerprint density at radius 3 is 2.75 bits per heavy atom. The van der Waals surface area contributed by atoms with Gasteiger partial charge in [-0.25, -0.2) is 0 Å². The first kappa shape index (κ1) is 15.0. The molecule has 3 unspecified atom stereocenters. The van der Waals surface area contributed by atoms with Crippen molar-refractivity contribution in [3.8, 4) is 0 Å². The van der Waals surface area contributed by atoms with Gasteiger partial charge in [-0.1, -0.05) is 6.42 Å². The van der Waals surface area contributed by atoms with Crippen LogP contribution >= 0.6 is 0 Å². The molecule has 0 aromatic carbocycles. The molecule has 2 heterocycles. The SMILES string of the molecule is CN=C(NC1C2CCOC2C12CCC2)N1CCN(C2CC2)C(=O)C1. The fraction of sp³-hybridized carbons (Fsp3) is 0.889. The van der Waals surface area contributed by atoms with Crippen molar-refractivity contribution in [3.05, 3.63) is 0 Å². The van der Waals surface area contributed by atoms with Gasteiger partial charge in [0.15, 0.2) is 5.96 Å². The van der Waals surface area contributed by atoms with E-state index in [0.29, 0.717) is 36.1 Å². The minimum Gasteiger partial charge on any atom is -0.377 e. The molecule has 1 amide bonds. The number of carbonyl (C=O) groups is 1. The number of rotatable bonds is 2. The maximum Gasteiger partial charge on any atom is 0.242 e. The number of guanidine groups is 1. The molecule has 0 aromatic rings. The van der Waals surface area contributed by atoms with Gasteiger partial charge in [-0.15, -0.1) is 0 Å². The molecular weight excluding hydrogens is 304 g/mol. The number of hydrogen-bond acceptors (Lipinski definition) is 3. The number of amides is 1. The summed E-state index contributed by atoms with van der Waals surface area (Å²) in [5.74, 6) is 1.81. The second-order valence-corrected chi connectivity index (χ2v) is 8.24. The van der Waals surface area contributed by atoms with E-state index in [0.717, 1.165) is 32.1 Å². The summed E-state index contributed by atoms with van der Waals surface area (Å²) in [6, 6.07) is 1.00. The quantitative estimate of drug-likeness (QED) is 0.601. The van der Waals surface area contributed by atoms with Crippen molar-refractivity contribution in [1.29, 1.82) is 0 Å². The molecular formula is C18H28N4O2. The van der Waals surface area contributed by atoms with Crippen LogP contribution < -0.4 is 5.32 Å². The fourth-order valence-corrected chi connectivity index (χ4v) is 5.53. The molecule has 3 saturated carbocycles. The van der Waals surface area contributed by atoms with Gasteiger partial charge < -0.3 is 19.9 Å². The molecule has 2 saturated heterocycles. The van der Waals surface area contributed by atoms with Crippen molar-refractivity contribution in [3.63, 3.8) is 0 Å². The molecule has 0 bridgehead atoms. The average Bonchev–Trinajstić information content (AvgIpc) is 3.28. The highest BCUT2D eigenvalue weighted by molar-refractivity contribution is 5.88. The van der Waals surface area contributed by atoms with E-state index in [1.54, 1.807) is 0 Å². The predicted molar refractivity (Wildman–Crippen MR) is 90.7 cm³/mol. The normalized spacial score (nSPS) is 38.0. The lowest BCUT2D eigenvalue weighted by Gasteiger charge is -2.63. The highest BCUT2D eigenvalue weighted by atomic mass is 16.5. The summed E-state index contributed by atoms with van der Waals surface area (Å²) >= 11 is 0. The summed E-state index contributed by atoms with van der Waals surface area (Å²) in [7, 11) is 1.84. The topological polar surface area (TPSA) is 57.2 Å². The summed E-state index contributed by atoms with van der Waals surface area (Å²) < 4.78 is 6.01. The number of carbonyl (C=O) groups excluding carboxylic acids is 1. The first-order valence-corrected chi connectivity index (χ1v) is 9.62. The van der Waals surface area contributed by atoms with E-state index < -0.39 is 0 Å². The summed E-state index contributed by atoms with van der Waals surface area (Å²) in [5, 5.41) is 3.74. The van der Waals surface area contributed by atoms with Crippen LogP contribution in [0.15, 0.2) is 4.99 Å². The summed E-state index contributed by atoms with van der Waals surface area (Å²) in [6.45, 7) is 3.12. The third-order valence-electron chi connectivity index (χ3n) is 7.08. The molecule has 6 heteroatoms. The van der Waals surface area contributed by atoms with Crippen molar-refractivity contribution >= 4 is 11.9 Å². The number of ether oxygens (including phenoxy) is 1. The lowest BCUT2D eigenvalue weighted by molar-refractivity contribution is -0.171. The van der Waals surface area contributed by atoms with Crippen molar-refractivity contribution in [2.45, 2.75) is 56.7 Å². The van der Waals surface area contributed by atoms with Crippen LogP contribution in [-0.4, -0.2) is 73.1 Å². The first-order valence-electron chi connectivity index (χ1n) is 9.62. The minimum absolute atomic E-state index is 0.265. The van der Waals surface area contributed by atoms with Crippen LogP contribution in [-0.2, 0) is 9.53 Å². The van der Waals surface area contributed by atoms with Gasteiger partial charge in [0.05, 0.1) is 12.6 Å². The van der Waals surface area contributed by atoms with E-state index in [4.69, 9.17) is 4.74 Å². The minimum atomic E-state index is 0.265. The van der Waals surface area contributed by atoms with Crippen LogP contribution in [0.1, 0.15) is 38.5 Å². The van der Waals surface area contributed by atoms with Crippen LogP contribution in [0.3, 0.4) is 0 Å². The summed E-state index contributed by atoms with van der Waals surface area (Å²) in [5.41, 5.74) is 0.344. The Morgan fingerprint density at radius 1 is 1.29 bits per heavy atom. The van der Waals surface area contributed by atoms with E-state index in [9.17, 15) is 4.79 Å². The Balaban J connectivity index is 1.27. The van der Waals surface area contributed by atoms with Crippen molar-refractivity contribution in [2.75, 3.05) is 33.3 Å². The number of nitrogens with zero attached hydrogens (tertiary/aromatic N) is 3. The van der Waals surface area contributed by atoms with Crippen molar-refractivity contribution in [2.24, 2.45) is 16.3 Å². The number of aliphatic imine (C=N–C) groups is 1. The fourth-order valence-electron chi connectivity index (χ4n) is 5.53. The molecule has 6 nitrogen and oxygen atoms in total. The van der Waals surface area contributed by atoms with Gasteiger partial charge in [0.25, 0.3) is 0 Å². The highest BCUT2D eigenvalue weighted by Crippen LogP contribution is 2.62. The summed E-state index contributed by atoms with van der Waals surface area (Å²) in [6.07, 6.45) is 7.88. The zero-order valence-electron chi connectivity index (χ0n) is 14.5. The van der Waals surface area contributed by atoms with Gasteiger partial charge in [0, 0.05) is 50.2 Å². The van der Waals surface area contributed by atoms with Gasteiger partial charge in [-0.05, 0) is 32.1 Å². The molecule has 132 valence electrons. The molecule has 0 aromatic heterocycles. The lowest BCUT2D eigenvalue weighted by Crippen LogP contribution is -2.73. The molecule has 2 aliphatic heterocycles.